The van der Waals surface area contributed by atoms with Gasteiger partial charge in [0.15, 0.2) is 0 Å². The van der Waals surface area contributed by atoms with E-state index < -0.39 is 28.3 Å². The molecule has 2 aromatic carbocycles. The first-order chi connectivity index (χ1) is 14.3. The third-order valence-electron chi connectivity index (χ3n) is 5.50. The van der Waals surface area contributed by atoms with Crippen LogP contribution in [0.15, 0.2) is 42.5 Å². The summed E-state index contributed by atoms with van der Waals surface area (Å²) in [5.74, 6) is -1.33. The van der Waals surface area contributed by atoms with E-state index in [1.807, 2.05) is 12.1 Å². The fraction of sp³-hybridized carbons (Fsp3) is 0.318. The van der Waals surface area contributed by atoms with E-state index in [4.69, 9.17) is 5.73 Å². The Balaban J connectivity index is 1.92. The molecule has 1 atom stereocenters. The molecule has 1 heterocycles. The topological polar surface area (TPSA) is 136 Å². The number of carbonyl (C=O) groups is 3. The van der Waals surface area contributed by atoms with Crippen LogP contribution in [-0.2, 0) is 22.3 Å². The highest BCUT2D eigenvalue weighted by Gasteiger charge is 2.49. The molecule has 162 valence electrons. The van der Waals surface area contributed by atoms with Crippen LogP contribution in [0.1, 0.15) is 54.7 Å². The highest BCUT2D eigenvalue weighted by molar-refractivity contribution is 6.07. The molecule has 0 spiro atoms. The molecule has 1 saturated heterocycles. The molecule has 31 heavy (non-hydrogen) atoms. The number of nitro groups is 1. The summed E-state index contributed by atoms with van der Waals surface area (Å²) in [6.07, 6.45) is 0. The second kappa shape index (κ2) is 7.50. The van der Waals surface area contributed by atoms with Crippen molar-refractivity contribution in [2.24, 2.45) is 5.73 Å². The van der Waals surface area contributed by atoms with Crippen LogP contribution in [0.4, 0.5) is 10.5 Å². The van der Waals surface area contributed by atoms with Gasteiger partial charge in [-0.3, -0.25) is 24.6 Å². The first-order valence-corrected chi connectivity index (χ1v) is 9.67. The molecule has 1 fully saturated rings. The summed E-state index contributed by atoms with van der Waals surface area (Å²) < 4.78 is 0. The van der Waals surface area contributed by atoms with Gasteiger partial charge in [-0.05, 0) is 35.6 Å². The summed E-state index contributed by atoms with van der Waals surface area (Å²) in [4.78, 5) is 48.8. The summed E-state index contributed by atoms with van der Waals surface area (Å²) >= 11 is 0. The predicted molar refractivity (Wildman–Crippen MR) is 113 cm³/mol. The van der Waals surface area contributed by atoms with Crippen LogP contribution in [0.25, 0.3) is 0 Å². The van der Waals surface area contributed by atoms with Gasteiger partial charge >= 0.3 is 6.03 Å². The molecule has 1 aliphatic rings. The van der Waals surface area contributed by atoms with Gasteiger partial charge < -0.3 is 11.1 Å². The average molecular weight is 424 g/mol. The Labute approximate surface area is 179 Å². The number of imide groups is 1. The predicted octanol–water partition coefficient (Wildman–Crippen LogP) is 2.96. The van der Waals surface area contributed by atoms with Crippen LogP contribution in [0.3, 0.4) is 0 Å². The van der Waals surface area contributed by atoms with E-state index in [0.29, 0.717) is 5.56 Å². The van der Waals surface area contributed by atoms with Crippen molar-refractivity contribution in [3.05, 3.63) is 74.8 Å². The lowest BCUT2D eigenvalue weighted by Crippen LogP contribution is -2.40. The van der Waals surface area contributed by atoms with Gasteiger partial charge in [-0.15, -0.1) is 0 Å². The average Bonchev–Trinajstić information content (AvgIpc) is 2.91. The van der Waals surface area contributed by atoms with Gasteiger partial charge in [-0.2, -0.15) is 0 Å². The van der Waals surface area contributed by atoms with Crippen LogP contribution < -0.4 is 11.1 Å². The van der Waals surface area contributed by atoms with Gasteiger partial charge in [-0.25, -0.2) is 4.79 Å². The minimum atomic E-state index is -1.30. The quantitative estimate of drug-likeness (QED) is 0.432. The lowest BCUT2D eigenvalue weighted by atomic mass is 9.84. The standard InChI is InChI=1S/C22H24N4O5/c1-21(2,3)15-7-9-16(10-8-15)22(4)19(28)25(20(29)24-22)12-14-6-5-13(18(23)27)11-17(14)26(30)31/h5-11H,12H2,1-4H3,(H2,23,27)(H,24,29). The number of nitrogens with one attached hydrogen (secondary N) is 1. The van der Waals surface area contributed by atoms with Crippen LogP contribution in [-0.4, -0.2) is 27.7 Å². The van der Waals surface area contributed by atoms with Crippen molar-refractivity contribution in [1.82, 2.24) is 10.2 Å². The number of hydrogen-bond donors (Lipinski definition) is 2. The van der Waals surface area contributed by atoms with Crippen molar-refractivity contribution in [2.45, 2.75) is 45.2 Å². The fourth-order valence-corrected chi connectivity index (χ4v) is 3.53. The Morgan fingerprint density at radius 2 is 1.77 bits per heavy atom. The molecular weight excluding hydrogens is 400 g/mol. The van der Waals surface area contributed by atoms with Crippen molar-refractivity contribution in [3.63, 3.8) is 0 Å². The maximum absolute atomic E-state index is 13.2. The molecule has 0 radical (unpaired) electrons. The molecule has 4 amide bonds. The lowest BCUT2D eigenvalue weighted by molar-refractivity contribution is -0.385. The highest BCUT2D eigenvalue weighted by atomic mass is 16.6. The summed E-state index contributed by atoms with van der Waals surface area (Å²) in [6, 6.07) is 10.5. The summed E-state index contributed by atoms with van der Waals surface area (Å²) in [6.45, 7) is 7.51. The number of benzene rings is 2. The third kappa shape index (κ3) is 3.98. The third-order valence-corrected chi connectivity index (χ3v) is 5.50. The number of primary amides is 1. The van der Waals surface area contributed by atoms with Crippen LogP contribution in [0, 0.1) is 10.1 Å². The molecule has 0 aromatic heterocycles. The molecule has 1 aliphatic heterocycles. The van der Waals surface area contributed by atoms with Gasteiger partial charge in [0.2, 0.25) is 5.91 Å². The number of urea groups is 1. The van der Waals surface area contributed by atoms with Crippen LogP contribution in [0.5, 0.6) is 0 Å². The molecule has 9 heteroatoms. The van der Waals surface area contributed by atoms with Gasteiger partial charge in [-0.1, -0.05) is 45.0 Å². The van der Waals surface area contributed by atoms with Gasteiger partial charge in [0.05, 0.1) is 11.5 Å². The van der Waals surface area contributed by atoms with E-state index in [0.717, 1.165) is 16.5 Å². The Hall–Kier alpha value is -3.75. The van der Waals surface area contributed by atoms with Gasteiger partial charge in [0, 0.05) is 17.2 Å². The number of hydrogen-bond acceptors (Lipinski definition) is 5. The van der Waals surface area contributed by atoms with E-state index in [1.54, 1.807) is 19.1 Å². The zero-order valence-corrected chi connectivity index (χ0v) is 17.8. The number of carbonyl (C=O) groups excluding carboxylic acids is 3. The second-order valence-corrected chi connectivity index (χ2v) is 8.74. The first kappa shape index (κ1) is 21.9. The number of nitrogens with two attached hydrogens (primary N) is 1. The summed E-state index contributed by atoms with van der Waals surface area (Å²) in [7, 11) is 0. The number of amides is 4. The molecule has 1 unspecified atom stereocenters. The summed E-state index contributed by atoms with van der Waals surface area (Å²) in [5.41, 5.74) is 5.22. The van der Waals surface area contributed by atoms with E-state index in [9.17, 15) is 24.5 Å². The molecule has 3 rings (SSSR count). The van der Waals surface area contributed by atoms with E-state index in [2.05, 4.69) is 26.1 Å². The van der Waals surface area contributed by atoms with Crippen molar-refractivity contribution in [3.8, 4) is 0 Å². The minimum absolute atomic E-state index is 0.0311. The van der Waals surface area contributed by atoms with E-state index in [-0.39, 0.29) is 28.8 Å². The molecular formula is C22H24N4O5. The second-order valence-electron chi connectivity index (χ2n) is 8.74. The highest BCUT2D eigenvalue weighted by Crippen LogP contribution is 2.33. The van der Waals surface area contributed by atoms with Crippen molar-refractivity contribution >= 4 is 23.5 Å². The van der Waals surface area contributed by atoms with E-state index in [1.165, 1.54) is 12.1 Å². The van der Waals surface area contributed by atoms with Gasteiger partial charge in [0.25, 0.3) is 11.6 Å². The number of rotatable bonds is 5. The molecule has 0 bridgehead atoms. The lowest BCUT2D eigenvalue weighted by Gasteiger charge is -2.24. The van der Waals surface area contributed by atoms with Crippen LogP contribution in [0.2, 0.25) is 0 Å². The Kier molecular flexibility index (Phi) is 5.31. The van der Waals surface area contributed by atoms with Crippen LogP contribution >= 0.6 is 0 Å². The molecule has 9 nitrogen and oxygen atoms in total. The number of nitro benzene ring substituents is 1. The first-order valence-electron chi connectivity index (χ1n) is 9.67. The Bertz CT molecular complexity index is 1090. The fourth-order valence-electron chi connectivity index (χ4n) is 3.53. The smallest absolute Gasteiger partial charge is 0.325 e. The molecule has 0 aliphatic carbocycles. The zero-order chi connectivity index (χ0) is 23.1. The van der Waals surface area contributed by atoms with Crippen molar-refractivity contribution in [2.75, 3.05) is 0 Å². The zero-order valence-electron chi connectivity index (χ0n) is 17.8. The van der Waals surface area contributed by atoms with Crippen molar-refractivity contribution < 1.29 is 19.3 Å². The van der Waals surface area contributed by atoms with Crippen molar-refractivity contribution in [1.29, 1.82) is 0 Å². The normalized spacial score (nSPS) is 18.8. The largest absolute Gasteiger partial charge is 0.366 e. The monoisotopic (exact) mass is 424 g/mol. The molecule has 2 aromatic rings. The number of nitrogens with zero attached hydrogens (tertiary/aromatic N) is 2. The Morgan fingerprint density at radius 1 is 1.16 bits per heavy atom. The molecule has 3 N–H and O–H groups in total. The van der Waals surface area contributed by atoms with E-state index >= 15 is 0 Å². The minimum Gasteiger partial charge on any atom is -0.366 e. The maximum atomic E-state index is 13.2. The SMILES string of the molecule is CC(C)(C)c1ccc(C2(C)NC(=O)N(Cc3ccc(C(N)=O)cc3[N+](=O)[O-])C2=O)cc1. The summed E-state index contributed by atoms with van der Waals surface area (Å²) in [5, 5.41) is 14.1. The molecule has 0 saturated carbocycles. The Morgan fingerprint density at radius 3 is 2.29 bits per heavy atom. The maximum Gasteiger partial charge on any atom is 0.325 e. The van der Waals surface area contributed by atoms with Gasteiger partial charge in [0.1, 0.15) is 5.54 Å².